The van der Waals surface area contributed by atoms with E-state index < -0.39 is 17.7 Å². The van der Waals surface area contributed by atoms with E-state index in [1.165, 1.54) is 10.5 Å². The molecule has 0 aliphatic carbocycles. The van der Waals surface area contributed by atoms with Gasteiger partial charge in [-0.3, -0.25) is 4.79 Å². The normalized spacial score (nSPS) is 19.6. The SMILES string of the molecule is C[C@H](CSCc1ccccc1)C(=O)N1C(=O)O[C@H](c2ccccc2)C1(C)C. The first kappa shape index (κ1) is 19.5. The Morgan fingerprint density at radius 3 is 2.33 bits per heavy atom. The number of ether oxygens (including phenoxy) is 1. The van der Waals surface area contributed by atoms with Gasteiger partial charge in [0.2, 0.25) is 5.91 Å². The molecule has 0 N–H and O–H groups in total. The zero-order valence-corrected chi connectivity index (χ0v) is 16.7. The van der Waals surface area contributed by atoms with Crippen molar-refractivity contribution in [2.75, 3.05) is 5.75 Å². The molecule has 0 bridgehead atoms. The van der Waals surface area contributed by atoms with E-state index in [2.05, 4.69) is 12.1 Å². The Hall–Kier alpha value is -2.27. The molecule has 2 aromatic carbocycles. The summed E-state index contributed by atoms with van der Waals surface area (Å²) in [5.74, 6) is 1.06. The summed E-state index contributed by atoms with van der Waals surface area (Å²) in [6, 6.07) is 19.7. The van der Waals surface area contributed by atoms with Crippen molar-refractivity contribution in [3.8, 4) is 0 Å². The number of carbonyl (C=O) groups excluding carboxylic acids is 2. The quantitative estimate of drug-likeness (QED) is 0.700. The van der Waals surface area contributed by atoms with E-state index in [0.29, 0.717) is 5.75 Å². The highest BCUT2D eigenvalue weighted by Crippen LogP contribution is 2.41. The molecule has 0 aromatic heterocycles. The molecule has 5 heteroatoms. The molecule has 1 aliphatic heterocycles. The summed E-state index contributed by atoms with van der Waals surface area (Å²) < 4.78 is 5.58. The maximum absolute atomic E-state index is 13.0. The number of imide groups is 1. The number of rotatable bonds is 6. The van der Waals surface area contributed by atoms with Gasteiger partial charge in [-0.05, 0) is 25.0 Å². The molecular weight excluding hydrogens is 358 g/mol. The number of benzene rings is 2. The number of carbonyl (C=O) groups is 2. The van der Waals surface area contributed by atoms with Crippen LogP contribution in [-0.2, 0) is 15.3 Å². The molecule has 1 aliphatic rings. The van der Waals surface area contributed by atoms with Crippen molar-refractivity contribution in [2.24, 2.45) is 5.92 Å². The average molecular weight is 384 g/mol. The minimum Gasteiger partial charge on any atom is -0.438 e. The lowest BCUT2D eigenvalue weighted by Gasteiger charge is -2.32. The Morgan fingerprint density at radius 1 is 1.11 bits per heavy atom. The highest BCUT2D eigenvalue weighted by atomic mass is 32.2. The fraction of sp³-hybridized carbons (Fsp3) is 0.364. The highest BCUT2D eigenvalue weighted by molar-refractivity contribution is 7.98. The standard InChI is InChI=1S/C22H25NO3S/c1-16(14-27-15-17-10-6-4-7-11-17)20(24)23-21(25)26-19(22(23,2)3)18-12-8-5-9-13-18/h4-13,16,19H,14-15H2,1-3H3/t16-,19-/m1/s1. The summed E-state index contributed by atoms with van der Waals surface area (Å²) in [5.41, 5.74) is 1.40. The predicted molar refractivity (Wildman–Crippen MR) is 108 cm³/mol. The third-order valence-electron chi connectivity index (χ3n) is 4.84. The summed E-state index contributed by atoms with van der Waals surface area (Å²) in [6.45, 7) is 5.65. The van der Waals surface area contributed by atoms with Crippen molar-refractivity contribution in [2.45, 2.75) is 38.2 Å². The Morgan fingerprint density at radius 2 is 1.70 bits per heavy atom. The van der Waals surface area contributed by atoms with E-state index in [9.17, 15) is 9.59 Å². The summed E-state index contributed by atoms with van der Waals surface area (Å²) in [5, 5.41) is 0. The Bertz CT molecular complexity index is 792. The fourth-order valence-electron chi connectivity index (χ4n) is 3.35. The fourth-order valence-corrected chi connectivity index (χ4v) is 4.39. The second-order valence-corrected chi connectivity index (χ2v) is 8.43. The van der Waals surface area contributed by atoms with Crippen molar-refractivity contribution in [3.05, 3.63) is 71.8 Å². The van der Waals surface area contributed by atoms with Gasteiger partial charge in [-0.1, -0.05) is 67.6 Å². The second-order valence-electron chi connectivity index (χ2n) is 7.40. The molecule has 2 amide bonds. The van der Waals surface area contributed by atoms with Crippen LogP contribution >= 0.6 is 11.8 Å². The van der Waals surface area contributed by atoms with Crippen LogP contribution < -0.4 is 0 Å². The molecule has 2 aromatic rings. The average Bonchev–Trinajstić information content (AvgIpc) is 2.91. The topological polar surface area (TPSA) is 46.6 Å². The van der Waals surface area contributed by atoms with Crippen LogP contribution in [0, 0.1) is 5.92 Å². The van der Waals surface area contributed by atoms with Crippen molar-refractivity contribution >= 4 is 23.8 Å². The van der Waals surface area contributed by atoms with Gasteiger partial charge in [0.25, 0.3) is 0 Å². The van der Waals surface area contributed by atoms with Crippen LogP contribution in [-0.4, -0.2) is 28.2 Å². The number of hydrogen-bond donors (Lipinski definition) is 0. The minimum absolute atomic E-state index is 0.177. The smallest absolute Gasteiger partial charge is 0.417 e. The van der Waals surface area contributed by atoms with Gasteiger partial charge in [0.15, 0.2) is 6.10 Å². The maximum Gasteiger partial charge on any atom is 0.417 e. The first-order valence-electron chi connectivity index (χ1n) is 9.12. The van der Waals surface area contributed by atoms with Gasteiger partial charge in [-0.2, -0.15) is 11.8 Å². The van der Waals surface area contributed by atoms with E-state index in [-0.39, 0.29) is 11.8 Å². The van der Waals surface area contributed by atoms with Gasteiger partial charge in [-0.15, -0.1) is 0 Å². The number of hydrogen-bond acceptors (Lipinski definition) is 4. The molecule has 1 saturated heterocycles. The molecular formula is C22H25NO3S. The molecule has 4 nitrogen and oxygen atoms in total. The van der Waals surface area contributed by atoms with E-state index >= 15 is 0 Å². The zero-order valence-electron chi connectivity index (χ0n) is 15.9. The first-order valence-corrected chi connectivity index (χ1v) is 10.3. The summed E-state index contributed by atoms with van der Waals surface area (Å²) in [7, 11) is 0. The molecule has 27 heavy (non-hydrogen) atoms. The maximum atomic E-state index is 13.0. The van der Waals surface area contributed by atoms with Crippen LogP contribution in [0.1, 0.15) is 38.0 Å². The van der Waals surface area contributed by atoms with Crippen LogP contribution in [0.25, 0.3) is 0 Å². The molecule has 2 atom stereocenters. The largest absolute Gasteiger partial charge is 0.438 e. The third-order valence-corrected chi connectivity index (χ3v) is 6.12. The van der Waals surface area contributed by atoms with E-state index in [4.69, 9.17) is 4.74 Å². The molecule has 0 unspecified atom stereocenters. The third kappa shape index (κ3) is 4.19. The van der Waals surface area contributed by atoms with Gasteiger partial charge < -0.3 is 4.74 Å². The van der Waals surface area contributed by atoms with Gasteiger partial charge in [0.05, 0.1) is 5.54 Å². The van der Waals surface area contributed by atoms with Crippen LogP contribution in [0.5, 0.6) is 0 Å². The van der Waals surface area contributed by atoms with Crippen molar-refractivity contribution in [1.82, 2.24) is 4.90 Å². The zero-order chi connectivity index (χ0) is 19.4. The monoisotopic (exact) mass is 383 g/mol. The second kappa shape index (κ2) is 8.17. The van der Waals surface area contributed by atoms with E-state index in [1.54, 1.807) is 11.8 Å². The lowest BCUT2D eigenvalue weighted by atomic mass is 9.90. The van der Waals surface area contributed by atoms with Crippen molar-refractivity contribution < 1.29 is 14.3 Å². The van der Waals surface area contributed by atoms with E-state index in [1.807, 2.05) is 69.3 Å². The van der Waals surface area contributed by atoms with Crippen LogP contribution in [0.4, 0.5) is 4.79 Å². The van der Waals surface area contributed by atoms with Crippen LogP contribution in [0.15, 0.2) is 60.7 Å². The number of cyclic esters (lactones) is 1. The molecule has 0 saturated carbocycles. The summed E-state index contributed by atoms with van der Waals surface area (Å²) in [6.07, 6.45) is -1.02. The Kier molecular flexibility index (Phi) is 5.90. The van der Waals surface area contributed by atoms with E-state index in [0.717, 1.165) is 11.3 Å². The first-order chi connectivity index (χ1) is 12.9. The van der Waals surface area contributed by atoms with Gasteiger partial charge in [-0.25, -0.2) is 9.69 Å². The van der Waals surface area contributed by atoms with Gasteiger partial charge in [0.1, 0.15) is 0 Å². The number of nitrogens with zero attached hydrogens (tertiary/aromatic N) is 1. The Balaban J connectivity index is 1.65. The lowest BCUT2D eigenvalue weighted by Crippen LogP contribution is -2.49. The van der Waals surface area contributed by atoms with Crippen LogP contribution in [0.3, 0.4) is 0 Å². The molecule has 142 valence electrons. The molecule has 0 radical (unpaired) electrons. The molecule has 1 fully saturated rings. The predicted octanol–water partition coefficient (Wildman–Crippen LogP) is 5.05. The van der Waals surface area contributed by atoms with Crippen molar-refractivity contribution in [3.63, 3.8) is 0 Å². The molecule has 0 spiro atoms. The minimum atomic E-state index is -0.728. The van der Waals surface area contributed by atoms with Crippen LogP contribution in [0.2, 0.25) is 0 Å². The lowest BCUT2D eigenvalue weighted by molar-refractivity contribution is -0.134. The highest BCUT2D eigenvalue weighted by Gasteiger charge is 2.52. The van der Waals surface area contributed by atoms with Gasteiger partial charge in [0, 0.05) is 17.4 Å². The molecule has 3 rings (SSSR count). The summed E-state index contributed by atoms with van der Waals surface area (Å²) >= 11 is 1.70. The van der Waals surface area contributed by atoms with Gasteiger partial charge >= 0.3 is 6.09 Å². The number of amides is 2. The van der Waals surface area contributed by atoms with Crippen molar-refractivity contribution in [1.29, 1.82) is 0 Å². The summed E-state index contributed by atoms with van der Waals surface area (Å²) in [4.78, 5) is 26.8. The molecule has 1 heterocycles. The Labute approximate surface area is 164 Å². The number of thioether (sulfide) groups is 1.